The van der Waals surface area contributed by atoms with Crippen LogP contribution in [0.2, 0.25) is 0 Å². The van der Waals surface area contributed by atoms with Gasteiger partial charge in [-0.25, -0.2) is 0 Å². The van der Waals surface area contributed by atoms with Crippen molar-refractivity contribution in [3.8, 4) is 0 Å². The number of unbranched alkanes of at least 4 members (excludes halogenated alkanes) is 1. The fourth-order valence-corrected chi connectivity index (χ4v) is 0.534. The molecule has 0 fully saturated rings. The molecule has 0 nitrogen and oxygen atoms in total. The van der Waals surface area contributed by atoms with Gasteiger partial charge in [0.2, 0.25) is 0 Å². The van der Waals surface area contributed by atoms with Gasteiger partial charge in [-0.05, 0) is 6.92 Å². The molecule has 0 N–H and O–H groups in total. The fraction of sp³-hybridized carbons (Fsp3) is 0.600. The van der Waals surface area contributed by atoms with Crippen molar-refractivity contribution in [2.75, 3.05) is 0 Å². The van der Waals surface area contributed by atoms with Crippen molar-refractivity contribution in [2.24, 2.45) is 0 Å². The molecule has 0 amide bonds. The summed E-state index contributed by atoms with van der Waals surface area (Å²) in [4.78, 5) is 0. The van der Waals surface area contributed by atoms with Crippen LogP contribution in [0.25, 0.3) is 0 Å². The van der Waals surface area contributed by atoms with Crippen LogP contribution < -0.4 is 0 Å². The Morgan fingerprint density at radius 2 is 1.13 bits per heavy atom. The largest absolute Gasteiger partial charge is 0.0776 e. The van der Waals surface area contributed by atoms with Gasteiger partial charge in [0.05, 0.1) is 0 Å². The van der Waals surface area contributed by atoms with Crippen molar-refractivity contribution in [1.29, 1.82) is 0 Å². The molecule has 0 aliphatic carbocycles. The summed E-state index contributed by atoms with van der Waals surface area (Å²) in [6, 6.07) is 10.3. The van der Waals surface area contributed by atoms with Crippen LogP contribution in [0.5, 0.6) is 0 Å². The van der Waals surface area contributed by atoms with Crippen molar-refractivity contribution >= 4 is 0 Å². The molecule has 1 aromatic carbocycles. The van der Waals surface area contributed by atoms with Crippen LogP contribution in [-0.4, -0.2) is 0 Å². The average Bonchev–Trinajstić information content (AvgIpc) is 2.22. The molecular weight excluding hydrogens is 180 g/mol. The van der Waals surface area contributed by atoms with Crippen LogP contribution in [-0.2, 0) is 0 Å². The Hall–Kier alpha value is -0.780. The van der Waals surface area contributed by atoms with E-state index in [0.29, 0.717) is 0 Å². The van der Waals surface area contributed by atoms with E-state index in [2.05, 4.69) is 32.9 Å². The number of hydrogen-bond acceptors (Lipinski definition) is 0. The zero-order chi connectivity index (χ0) is 10.5. The quantitative estimate of drug-likeness (QED) is 0.527. The van der Waals surface area contributed by atoms with E-state index in [9.17, 15) is 0 Å². The first kappa shape index (κ1) is 23.8. The Morgan fingerprint density at radius 1 is 0.800 bits per heavy atom. The summed E-state index contributed by atoms with van der Waals surface area (Å²) < 4.78 is 0. The maximum Gasteiger partial charge on any atom is -0.0398 e. The molecule has 0 atom stereocenters. The molecule has 0 aromatic heterocycles. The molecule has 0 aliphatic heterocycles. The van der Waals surface area contributed by atoms with Crippen molar-refractivity contribution < 1.29 is 0 Å². The van der Waals surface area contributed by atoms with Gasteiger partial charge in [0.1, 0.15) is 0 Å². The van der Waals surface area contributed by atoms with Crippen LogP contribution in [0.15, 0.2) is 30.3 Å². The van der Waals surface area contributed by atoms with Crippen molar-refractivity contribution in [3.05, 3.63) is 35.9 Å². The van der Waals surface area contributed by atoms with Crippen LogP contribution in [0.4, 0.5) is 0 Å². The summed E-state index contributed by atoms with van der Waals surface area (Å²) in [6.45, 7) is 10.4. The molecule has 15 heavy (non-hydrogen) atoms. The lowest BCUT2D eigenvalue weighted by atomic mass is 10.2. The number of hydrogen-bond donors (Lipinski definition) is 0. The number of rotatable bonds is 1. The third kappa shape index (κ3) is 24.6. The molecule has 0 bridgehead atoms. The first-order valence-corrected chi connectivity index (χ1v) is 5.32. The smallest absolute Gasteiger partial charge is 0.0398 e. The molecule has 0 aliphatic rings. The van der Waals surface area contributed by atoms with E-state index in [1.54, 1.807) is 0 Å². The first-order chi connectivity index (χ1) is 6.31. The first-order valence-electron chi connectivity index (χ1n) is 5.32. The van der Waals surface area contributed by atoms with Crippen molar-refractivity contribution in [2.45, 2.75) is 62.3 Å². The van der Waals surface area contributed by atoms with E-state index in [1.807, 2.05) is 32.0 Å². The molecule has 0 unspecified atom stereocenters. The van der Waals surface area contributed by atoms with Gasteiger partial charge in [-0.15, -0.1) is 0 Å². The topological polar surface area (TPSA) is 0 Å². The zero-order valence-corrected chi connectivity index (χ0v) is 9.80. The van der Waals surface area contributed by atoms with Crippen molar-refractivity contribution in [3.63, 3.8) is 0 Å². The molecule has 1 aromatic rings. The molecule has 1 rings (SSSR count). The SMILES string of the molecule is C.C.CC.CCCC.Cc1ccccc1. The number of benzene rings is 1. The van der Waals surface area contributed by atoms with Gasteiger partial charge < -0.3 is 0 Å². The van der Waals surface area contributed by atoms with E-state index in [-0.39, 0.29) is 14.9 Å². The second-order valence-electron chi connectivity index (χ2n) is 2.65. The standard InChI is InChI=1S/C7H8.C4H10.C2H6.2CH4/c1-7-5-3-2-4-6-7;1-3-4-2;1-2;;/h2-6H,1H3;3-4H2,1-2H3;1-2H3;2*1H4. The molecular formula is C15H32. The Bertz CT molecular complexity index is 151. The van der Waals surface area contributed by atoms with Crippen LogP contribution in [0, 0.1) is 6.92 Å². The normalized spacial score (nSPS) is 6.47. The maximum atomic E-state index is 2.18. The lowest BCUT2D eigenvalue weighted by Crippen LogP contribution is -1.62. The highest BCUT2D eigenvalue weighted by molar-refractivity contribution is 5.11. The number of aryl methyl sites for hydroxylation is 1. The van der Waals surface area contributed by atoms with E-state index >= 15 is 0 Å². The summed E-state index contributed by atoms with van der Waals surface area (Å²) >= 11 is 0. The average molecular weight is 212 g/mol. The monoisotopic (exact) mass is 212 g/mol. The second kappa shape index (κ2) is 23.2. The van der Waals surface area contributed by atoms with E-state index in [0.717, 1.165) is 0 Å². The summed E-state index contributed by atoms with van der Waals surface area (Å²) in [5.41, 5.74) is 1.32. The Kier molecular flexibility index (Phi) is 36.8. The van der Waals surface area contributed by atoms with E-state index in [1.165, 1.54) is 18.4 Å². The molecule has 0 heterocycles. The van der Waals surface area contributed by atoms with Gasteiger partial charge in [0, 0.05) is 0 Å². The third-order valence-corrected chi connectivity index (χ3v) is 1.44. The molecule has 0 radical (unpaired) electrons. The van der Waals surface area contributed by atoms with Gasteiger partial charge >= 0.3 is 0 Å². The summed E-state index contributed by atoms with van der Waals surface area (Å²) in [7, 11) is 0. The highest BCUT2D eigenvalue weighted by Gasteiger charge is 1.72. The lowest BCUT2D eigenvalue weighted by molar-refractivity contribution is 0.886. The summed E-state index contributed by atoms with van der Waals surface area (Å²) in [5.74, 6) is 0. The Morgan fingerprint density at radius 3 is 1.27 bits per heavy atom. The van der Waals surface area contributed by atoms with Crippen LogP contribution in [0.3, 0.4) is 0 Å². The summed E-state index contributed by atoms with van der Waals surface area (Å²) in [6.07, 6.45) is 2.64. The minimum absolute atomic E-state index is 0. The fourth-order valence-electron chi connectivity index (χ4n) is 0.534. The lowest BCUT2D eigenvalue weighted by Gasteiger charge is -1.82. The van der Waals surface area contributed by atoms with Gasteiger partial charge in [-0.3, -0.25) is 0 Å². The Balaban J connectivity index is -0.0000000674. The van der Waals surface area contributed by atoms with Gasteiger partial charge in [-0.1, -0.05) is 91.3 Å². The second-order valence-corrected chi connectivity index (χ2v) is 2.65. The molecule has 0 heteroatoms. The zero-order valence-electron chi connectivity index (χ0n) is 9.80. The van der Waals surface area contributed by atoms with E-state index < -0.39 is 0 Å². The minimum atomic E-state index is 0. The predicted octanol–water partition coefficient (Wildman–Crippen LogP) is 6.10. The summed E-state index contributed by atoms with van der Waals surface area (Å²) in [5, 5.41) is 0. The Labute approximate surface area is 98.7 Å². The van der Waals surface area contributed by atoms with Crippen LogP contribution >= 0.6 is 0 Å². The maximum absolute atomic E-state index is 2.18. The third-order valence-electron chi connectivity index (χ3n) is 1.44. The molecule has 92 valence electrons. The minimum Gasteiger partial charge on any atom is -0.0776 e. The molecule has 0 saturated heterocycles. The predicted molar refractivity (Wildman–Crippen MR) is 76.6 cm³/mol. The molecule has 0 saturated carbocycles. The van der Waals surface area contributed by atoms with Crippen molar-refractivity contribution in [1.82, 2.24) is 0 Å². The highest BCUT2D eigenvalue weighted by atomic mass is 13.8. The molecule has 0 spiro atoms. The highest BCUT2D eigenvalue weighted by Crippen LogP contribution is 1.92. The van der Waals surface area contributed by atoms with Crippen LogP contribution in [0.1, 0.15) is 61.0 Å². The van der Waals surface area contributed by atoms with Gasteiger partial charge in [0.15, 0.2) is 0 Å². The van der Waals surface area contributed by atoms with E-state index in [4.69, 9.17) is 0 Å². The van der Waals surface area contributed by atoms with Gasteiger partial charge in [-0.2, -0.15) is 0 Å². The van der Waals surface area contributed by atoms with Gasteiger partial charge in [0.25, 0.3) is 0 Å².